The van der Waals surface area contributed by atoms with Gasteiger partial charge in [0.25, 0.3) is 0 Å². The summed E-state index contributed by atoms with van der Waals surface area (Å²) in [5.74, 6) is 1.59. The Morgan fingerprint density at radius 3 is 2.92 bits per heavy atom. The second-order valence-electron chi connectivity index (χ2n) is 7.69. The Bertz CT molecular complexity index is 671. The fourth-order valence-corrected chi connectivity index (χ4v) is 5.68. The first-order chi connectivity index (χ1) is 12.2. The minimum Gasteiger partial charge on any atom is -0.377 e. The van der Waals surface area contributed by atoms with Crippen LogP contribution in [0.25, 0.3) is 0 Å². The summed E-state index contributed by atoms with van der Waals surface area (Å²) >= 11 is 1.81. The van der Waals surface area contributed by atoms with Crippen LogP contribution in [-0.4, -0.2) is 38.0 Å². The molecule has 0 bridgehead atoms. The number of rotatable bonds is 4. The Morgan fingerprint density at radius 2 is 2.24 bits per heavy atom. The summed E-state index contributed by atoms with van der Waals surface area (Å²) in [7, 11) is 1.87. The van der Waals surface area contributed by atoms with Gasteiger partial charge in [0.1, 0.15) is 0 Å². The van der Waals surface area contributed by atoms with E-state index in [9.17, 15) is 0 Å². The van der Waals surface area contributed by atoms with E-state index in [-0.39, 0.29) is 0 Å². The number of ether oxygens (including phenoxy) is 1. The maximum absolute atomic E-state index is 6.02. The lowest BCUT2D eigenvalue weighted by Gasteiger charge is -2.63. The fraction of sp³-hybridized carbons (Fsp3) is 0.650. The third-order valence-electron chi connectivity index (χ3n) is 6.44. The van der Waals surface area contributed by atoms with Crippen molar-refractivity contribution >= 4 is 17.7 Å². The highest BCUT2D eigenvalue weighted by atomic mass is 32.2. The minimum atomic E-state index is 0.382. The van der Waals surface area contributed by atoms with E-state index in [2.05, 4.69) is 47.0 Å². The van der Waals surface area contributed by atoms with Crippen LogP contribution in [0, 0.1) is 18.3 Å². The summed E-state index contributed by atoms with van der Waals surface area (Å²) in [5, 5.41) is 7.27. The predicted molar refractivity (Wildman–Crippen MR) is 104 cm³/mol. The van der Waals surface area contributed by atoms with E-state index in [1.165, 1.54) is 41.7 Å². The lowest BCUT2D eigenvalue weighted by Crippen LogP contribution is -2.72. The molecule has 1 spiro atoms. The van der Waals surface area contributed by atoms with E-state index in [1.54, 1.807) is 11.8 Å². The first kappa shape index (κ1) is 17.2. The SMILES string of the molecule is CN=C(NCc1ccc(C)cc1SC)NC1C2CCOC2C12CCC2. The molecule has 4 rings (SSSR count). The molecule has 1 saturated heterocycles. The number of thioether (sulfide) groups is 1. The smallest absolute Gasteiger partial charge is 0.191 e. The van der Waals surface area contributed by atoms with E-state index in [1.807, 2.05) is 7.05 Å². The molecular formula is C20H29N3OS. The molecule has 1 heterocycles. The summed E-state index contributed by atoms with van der Waals surface area (Å²) < 4.78 is 6.02. The first-order valence-corrected chi connectivity index (χ1v) is 10.6. The van der Waals surface area contributed by atoms with Crippen molar-refractivity contribution < 1.29 is 4.74 Å². The molecular weight excluding hydrogens is 330 g/mol. The summed E-state index contributed by atoms with van der Waals surface area (Å²) in [4.78, 5) is 5.82. The molecule has 1 aliphatic heterocycles. The van der Waals surface area contributed by atoms with Crippen LogP contribution in [0.2, 0.25) is 0 Å². The molecule has 3 aliphatic rings. The number of fused-ring (bicyclic) bond motifs is 2. The number of nitrogens with one attached hydrogen (secondary N) is 2. The van der Waals surface area contributed by atoms with Gasteiger partial charge in [0, 0.05) is 42.5 Å². The van der Waals surface area contributed by atoms with Gasteiger partial charge in [0.05, 0.1) is 6.10 Å². The van der Waals surface area contributed by atoms with Crippen LogP contribution in [0.4, 0.5) is 0 Å². The topological polar surface area (TPSA) is 45.7 Å². The zero-order chi connectivity index (χ0) is 17.4. The Hall–Kier alpha value is -1.20. The molecule has 25 heavy (non-hydrogen) atoms. The highest BCUT2D eigenvalue weighted by molar-refractivity contribution is 7.98. The van der Waals surface area contributed by atoms with Gasteiger partial charge in [0.15, 0.2) is 5.96 Å². The van der Waals surface area contributed by atoms with Crippen LogP contribution in [0.5, 0.6) is 0 Å². The van der Waals surface area contributed by atoms with Crippen LogP contribution in [-0.2, 0) is 11.3 Å². The Balaban J connectivity index is 1.40. The third-order valence-corrected chi connectivity index (χ3v) is 7.26. The van der Waals surface area contributed by atoms with Gasteiger partial charge in [0.2, 0.25) is 0 Å². The molecule has 3 atom stereocenters. The van der Waals surface area contributed by atoms with Crippen molar-refractivity contribution in [2.75, 3.05) is 19.9 Å². The molecule has 2 N–H and O–H groups in total. The van der Waals surface area contributed by atoms with Crippen LogP contribution in [0.1, 0.15) is 36.8 Å². The number of benzene rings is 1. The van der Waals surface area contributed by atoms with E-state index in [0.717, 1.165) is 19.1 Å². The molecule has 3 unspecified atom stereocenters. The number of nitrogens with zero attached hydrogens (tertiary/aromatic N) is 1. The molecule has 0 radical (unpaired) electrons. The highest BCUT2D eigenvalue weighted by Gasteiger charge is 2.66. The average Bonchev–Trinajstić information content (AvgIpc) is 2.99. The molecule has 3 fully saturated rings. The van der Waals surface area contributed by atoms with Crippen LogP contribution in [0.15, 0.2) is 28.1 Å². The third kappa shape index (κ3) is 2.85. The normalized spacial score (nSPS) is 29.7. The molecule has 0 aromatic heterocycles. The zero-order valence-electron chi connectivity index (χ0n) is 15.5. The summed E-state index contributed by atoms with van der Waals surface area (Å²) in [6.45, 7) is 3.88. The molecule has 0 amide bonds. The maximum Gasteiger partial charge on any atom is 0.191 e. The van der Waals surface area contributed by atoms with Crippen LogP contribution >= 0.6 is 11.8 Å². The Labute approximate surface area is 155 Å². The first-order valence-electron chi connectivity index (χ1n) is 9.40. The molecule has 2 saturated carbocycles. The van der Waals surface area contributed by atoms with Gasteiger partial charge < -0.3 is 15.4 Å². The zero-order valence-corrected chi connectivity index (χ0v) is 16.3. The van der Waals surface area contributed by atoms with Crippen molar-refractivity contribution in [1.82, 2.24) is 10.6 Å². The van der Waals surface area contributed by atoms with E-state index >= 15 is 0 Å². The predicted octanol–water partition coefficient (Wildman–Crippen LogP) is 3.34. The van der Waals surface area contributed by atoms with Crippen molar-refractivity contribution in [3.8, 4) is 0 Å². The number of guanidine groups is 1. The van der Waals surface area contributed by atoms with Crippen LogP contribution < -0.4 is 10.6 Å². The van der Waals surface area contributed by atoms with Crippen LogP contribution in [0.3, 0.4) is 0 Å². The Kier molecular flexibility index (Phi) is 4.71. The molecule has 5 heteroatoms. The lowest BCUT2D eigenvalue weighted by atomic mass is 9.46. The second kappa shape index (κ2) is 6.84. The van der Waals surface area contributed by atoms with E-state index < -0.39 is 0 Å². The number of aliphatic imine (C=N–C) groups is 1. The fourth-order valence-electron chi connectivity index (χ4n) is 4.97. The van der Waals surface area contributed by atoms with Crippen molar-refractivity contribution in [2.24, 2.45) is 16.3 Å². The van der Waals surface area contributed by atoms with Crippen molar-refractivity contribution in [3.63, 3.8) is 0 Å². The average molecular weight is 360 g/mol. The van der Waals surface area contributed by atoms with E-state index in [0.29, 0.717) is 23.5 Å². The van der Waals surface area contributed by atoms with Gasteiger partial charge in [-0.15, -0.1) is 11.8 Å². The molecule has 4 nitrogen and oxygen atoms in total. The summed E-state index contributed by atoms with van der Waals surface area (Å²) in [5.41, 5.74) is 3.02. The molecule has 136 valence electrons. The summed E-state index contributed by atoms with van der Waals surface area (Å²) in [6.07, 6.45) is 7.78. The monoisotopic (exact) mass is 359 g/mol. The van der Waals surface area contributed by atoms with Gasteiger partial charge in [-0.25, -0.2) is 0 Å². The van der Waals surface area contributed by atoms with Crippen molar-refractivity contribution in [2.45, 2.75) is 56.2 Å². The maximum atomic E-state index is 6.02. The quantitative estimate of drug-likeness (QED) is 0.492. The van der Waals surface area contributed by atoms with E-state index in [4.69, 9.17) is 4.74 Å². The van der Waals surface area contributed by atoms with Gasteiger partial charge >= 0.3 is 0 Å². The largest absolute Gasteiger partial charge is 0.377 e. The number of hydrogen-bond acceptors (Lipinski definition) is 3. The number of aryl methyl sites for hydroxylation is 1. The van der Waals surface area contributed by atoms with Gasteiger partial charge in [-0.2, -0.15) is 0 Å². The number of hydrogen-bond donors (Lipinski definition) is 2. The minimum absolute atomic E-state index is 0.382. The summed E-state index contributed by atoms with van der Waals surface area (Å²) in [6, 6.07) is 7.19. The standard InChI is InChI=1S/C20H29N3OS/c1-13-5-6-14(16(11-13)25-3)12-22-19(21-2)23-17-15-7-10-24-18(15)20(17)8-4-9-20/h5-6,11,15,17-18H,4,7-10,12H2,1-3H3,(H2,21,22,23). The molecule has 1 aromatic carbocycles. The van der Waals surface area contributed by atoms with Gasteiger partial charge in [-0.1, -0.05) is 18.6 Å². The van der Waals surface area contributed by atoms with Crippen molar-refractivity contribution in [3.05, 3.63) is 29.3 Å². The highest BCUT2D eigenvalue weighted by Crippen LogP contribution is 2.62. The van der Waals surface area contributed by atoms with Crippen molar-refractivity contribution in [1.29, 1.82) is 0 Å². The Morgan fingerprint density at radius 1 is 1.40 bits per heavy atom. The van der Waals surface area contributed by atoms with Gasteiger partial charge in [-0.3, -0.25) is 4.99 Å². The lowest BCUT2D eigenvalue weighted by molar-refractivity contribution is -0.171. The van der Waals surface area contributed by atoms with Gasteiger partial charge in [-0.05, 0) is 49.6 Å². The second-order valence-corrected chi connectivity index (χ2v) is 8.54. The molecule has 2 aliphatic carbocycles. The molecule has 1 aromatic rings.